The van der Waals surface area contributed by atoms with Gasteiger partial charge in [0.2, 0.25) is 5.91 Å². The molecule has 5 nitrogen and oxygen atoms in total. The van der Waals surface area contributed by atoms with E-state index >= 15 is 0 Å². The third-order valence-electron chi connectivity index (χ3n) is 8.19. The molecule has 1 amide bonds. The van der Waals surface area contributed by atoms with Crippen molar-refractivity contribution in [2.24, 2.45) is 5.92 Å². The van der Waals surface area contributed by atoms with Crippen LogP contribution in [0.5, 0.6) is 0 Å². The van der Waals surface area contributed by atoms with E-state index in [-0.39, 0.29) is 23.4 Å². The van der Waals surface area contributed by atoms with Gasteiger partial charge in [0.25, 0.3) is 5.56 Å². The summed E-state index contributed by atoms with van der Waals surface area (Å²) in [5.74, 6) is 0.878. The first-order valence-corrected chi connectivity index (χ1v) is 14.6. The van der Waals surface area contributed by atoms with Crippen molar-refractivity contribution in [3.8, 4) is 5.69 Å². The summed E-state index contributed by atoms with van der Waals surface area (Å²) in [4.78, 5) is 35.3. The van der Waals surface area contributed by atoms with Crippen molar-refractivity contribution in [2.45, 2.75) is 71.3 Å². The molecular formula is C34H39N3O2. The summed E-state index contributed by atoms with van der Waals surface area (Å²) < 4.78 is 1.75. The van der Waals surface area contributed by atoms with Gasteiger partial charge in [-0.05, 0) is 67.5 Å². The van der Waals surface area contributed by atoms with Crippen LogP contribution < -0.4 is 5.56 Å². The Balaban J connectivity index is 1.63. The number of hydrogen-bond acceptors (Lipinski definition) is 3. The first-order chi connectivity index (χ1) is 19.1. The van der Waals surface area contributed by atoms with Gasteiger partial charge in [0.05, 0.1) is 22.6 Å². The molecule has 4 aromatic rings. The molecule has 1 atom stereocenters. The maximum absolute atomic E-state index is 14.2. The predicted molar refractivity (Wildman–Crippen MR) is 158 cm³/mol. The Labute approximate surface area is 231 Å². The summed E-state index contributed by atoms with van der Waals surface area (Å²) in [6.45, 7) is 4.81. The Bertz CT molecular complexity index is 1450. The number of para-hydroxylation sites is 1. The monoisotopic (exact) mass is 521 g/mol. The van der Waals surface area contributed by atoms with Crippen LogP contribution in [0, 0.1) is 5.92 Å². The molecule has 1 aromatic heterocycles. The lowest BCUT2D eigenvalue weighted by atomic mass is 9.87. The number of aromatic nitrogens is 2. The van der Waals surface area contributed by atoms with Crippen LogP contribution in [0.25, 0.3) is 16.6 Å². The second-order valence-corrected chi connectivity index (χ2v) is 10.7. The largest absolute Gasteiger partial charge is 0.332 e. The molecule has 1 unspecified atom stereocenters. The van der Waals surface area contributed by atoms with E-state index < -0.39 is 0 Å². The molecular weight excluding hydrogens is 482 g/mol. The topological polar surface area (TPSA) is 55.2 Å². The zero-order chi connectivity index (χ0) is 27.2. The lowest BCUT2D eigenvalue weighted by molar-refractivity contribution is -0.139. The Kier molecular flexibility index (Phi) is 8.55. The lowest BCUT2D eigenvalue weighted by Crippen LogP contribution is -2.43. The van der Waals surface area contributed by atoms with Crippen molar-refractivity contribution in [3.63, 3.8) is 0 Å². The molecule has 0 aliphatic heterocycles. The second-order valence-electron chi connectivity index (χ2n) is 10.7. The van der Waals surface area contributed by atoms with Gasteiger partial charge in [-0.3, -0.25) is 14.2 Å². The molecule has 202 valence electrons. The van der Waals surface area contributed by atoms with Crippen molar-refractivity contribution in [1.82, 2.24) is 14.5 Å². The van der Waals surface area contributed by atoms with E-state index in [2.05, 4.69) is 38.1 Å². The molecule has 0 bridgehead atoms. The normalized spacial score (nSPS) is 14.8. The van der Waals surface area contributed by atoms with Gasteiger partial charge in [-0.1, -0.05) is 87.7 Å². The maximum atomic E-state index is 14.2. The summed E-state index contributed by atoms with van der Waals surface area (Å²) >= 11 is 0. The second kappa shape index (κ2) is 12.4. The number of nitrogens with zero attached hydrogens (tertiary/aromatic N) is 3. The summed E-state index contributed by atoms with van der Waals surface area (Å²) in [7, 11) is 0. The van der Waals surface area contributed by atoms with E-state index in [0.717, 1.165) is 44.2 Å². The summed E-state index contributed by atoms with van der Waals surface area (Å²) in [5, 5.41) is 0.588. The van der Waals surface area contributed by atoms with Crippen molar-refractivity contribution in [3.05, 3.63) is 106 Å². The van der Waals surface area contributed by atoms with Gasteiger partial charge in [0.15, 0.2) is 0 Å². The van der Waals surface area contributed by atoms with Gasteiger partial charge in [-0.15, -0.1) is 0 Å². The zero-order valence-corrected chi connectivity index (χ0v) is 23.2. The molecule has 5 heteroatoms. The van der Waals surface area contributed by atoms with Gasteiger partial charge in [-0.2, -0.15) is 0 Å². The SMILES string of the molecule is CCc1ccc(-n2c(C(CC)N(CCc3ccccc3)C(=O)C3CCCCC3)nc3ccccc3c2=O)cc1. The summed E-state index contributed by atoms with van der Waals surface area (Å²) in [6, 6.07) is 25.7. The van der Waals surface area contributed by atoms with Gasteiger partial charge in [-0.25, -0.2) is 4.98 Å². The predicted octanol–water partition coefficient (Wildman–Crippen LogP) is 7.05. The molecule has 0 spiro atoms. The fraction of sp³-hybridized carbons (Fsp3) is 0.382. The molecule has 0 radical (unpaired) electrons. The Morgan fingerprint density at radius 2 is 1.59 bits per heavy atom. The highest BCUT2D eigenvalue weighted by Crippen LogP contribution is 2.32. The Hall–Kier alpha value is -3.73. The van der Waals surface area contributed by atoms with E-state index in [1.165, 1.54) is 17.5 Å². The number of carbonyl (C=O) groups is 1. The van der Waals surface area contributed by atoms with Gasteiger partial charge < -0.3 is 4.90 Å². The molecule has 3 aromatic carbocycles. The van der Waals surface area contributed by atoms with E-state index in [4.69, 9.17) is 4.98 Å². The molecule has 1 fully saturated rings. The standard InChI is InChI=1S/C34H39N3O2/c1-3-25-19-21-28(22-20-25)37-32(35-30-18-12-11-17-29(30)34(37)39)31(4-2)36(24-23-26-13-7-5-8-14-26)33(38)27-15-9-6-10-16-27/h5,7-8,11-14,17-22,27,31H,3-4,6,9-10,15-16,23-24H2,1-2H3. The van der Waals surface area contributed by atoms with Crippen LogP contribution in [0.3, 0.4) is 0 Å². The minimum absolute atomic E-state index is 0.0352. The number of benzene rings is 3. The molecule has 1 saturated carbocycles. The number of aryl methyl sites for hydroxylation is 1. The highest BCUT2D eigenvalue weighted by molar-refractivity contribution is 5.80. The number of fused-ring (bicyclic) bond motifs is 1. The number of carbonyl (C=O) groups excluding carboxylic acids is 1. The summed E-state index contributed by atoms with van der Waals surface area (Å²) in [5.41, 5.74) is 3.79. The van der Waals surface area contributed by atoms with Crippen molar-refractivity contribution >= 4 is 16.8 Å². The van der Waals surface area contributed by atoms with Crippen LogP contribution >= 0.6 is 0 Å². The number of rotatable bonds is 9. The molecule has 0 N–H and O–H groups in total. The van der Waals surface area contributed by atoms with Crippen LogP contribution in [0.2, 0.25) is 0 Å². The quantitative estimate of drug-likeness (QED) is 0.237. The summed E-state index contributed by atoms with van der Waals surface area (Å²) in [6.07, 6.45) is 7.64. The fourth-order valence-corrected chi connectivity index (χ4v) is 5.94. The van der Waals surface area contributed by atoms with E-state index in [1.807, 2.05) is 59.5 Å². The molecule has 0 saturated heterocycles. The Morgan fingerprint density at radius 3 is 2.28 bits per heavy atom. The number of hydrogen-bond donors (Lipinski definition) is 0. The van der Waals surface area contributed by atoms with E-state index in [0.29, 0.717) is 29.7 Å². The van der Waals surface area contributed by atoms with Crippen LogP contribution in [-0.2, 0) is 17.6 Å². The Morgan fingerprint density at radius 1 is 0.897 bits per heavy atom. The van der Waals surface area contributed by atoms with Crippen LogP contribution in [0.15, 0.2) is 83.7 Å². The maximum Gasteiger partial charge on any atom is 0.266 e. The van der Waals surface area contributed by atoms with E-state index in [1.54, 1.807) is 4.57 Å². The van der Waals surface area contributed by atoms with E-state index in [9.17, 15) is 9.59 Å². The molecule has 5 rings (SSSR count). The van der Waals surface area contributed by atoms with Gasteiger partial charge in [0, 0.05) is 12.5 Å². The van der Waals surface area contributed by atoms with Gasteiger partial charge in [0.1, 0.15) is 5.82 Å². The minimum atomic E-state index is -0.314. The smallest absolute Gasteiger partial charge is 0.266 e. The third-order valence-corrected chi connectivity index (χ3v) is 8.19. The van der Waals surface area contributed by atoms with Crippen LogP contribution in [0.1, 0.15) is 75.4 Å². The first kappa shape index (κ1) is 26.9. The average molecular weight is 522 g/mol. The highest BCUT2D eigenvalue weighted by Gasteiger charge is 2.33. The molecule has 39 heavy (non-hydrogen) atoms. The molecule has 1 heterocycles. The highest BCUT2D eigenvalue weighted by atomic mass is 16.2. The number of amides is 1. The average Bonchev–Trinajstić information content (AvgIpc) is 3.00. The minimum Gasteiger partial charge on any atom is -0.332 e. The zero-order valence-electron chi connectivity index (χ0n) is 23.2. The van der Waals surface area contributed by atoms with Crippen LogP contribution in [0.4, 0.5) is 0 Å². The van der Waals surface area contributed by atoms with Crippen molar-refractivity contribution < 1.29 is 4.79 Å². The lowest BCUT2D eigenvalue weighted by Gasteiger charge is -2.36. The third kappa shape index (κ3) is 5.83. The van der Waals surface area contributed by atoms with Crippen molar-refractivity contribution in [2.75, 3.05) is 6.54 Å². The van der Waals surface area contributed by atoms with Crippen molar-refractivity contribution in [1.29, 1.82) is 0 Å². The molecule has 1 aliphatic carbocycles. The molecule has 1 aliphatic rings. The van der Waals surface area contributed by atoms with Crippen LogP contribution in [-0.4, -0.2) is 26.9 Å². The fourth-order valence-electron chi connectivity index (χ4n) is 5.94. The first-order valence-electron chi connectivity index (χ1n) is 14.6. The van der Waals surface area contributed by atoms with Gasteiger partial charge >= 0.3 is 0 Å².